The van der Waals surface area contributed by atoms with Gasteiger partial charge in [0.25, 0.3) is 0 Å². The van der Waals surface area contributed by atoms with Crippen LogP contribution in [0.4, 0.5) is 14.5 Å². The molecule has 0 aliphatic heterocycles. The number of anilines is 1. The van der Waals surface area contributed by atoms with Crippen LogP contribution in [0, 0.1) is 18.6 Å². The van der Waals surface area contributed by atoms with Crippen LogP contribution in [0.25, 0.3) is 0 Å². The molecule has 0 aromatic heterocycles. The molecule has 18 heavy (non-hydrogen) atoms. The zero-order valence-corrected chi connectivity index (χ0v) is 10.7. The van der Waals surface area contributed by atoms with Crippen molar-refractivity contribution < 1.29 is 8.78 Å². The number of rotatable bonds is 3. The average molecular weight is 265 g/mol. The molecule has 0 unspecified atom stereocenters. The van der Waals surface area contributed by atoms with Crippen molar-refractivity contribution in [2.45, 2.75) is 17.6 Å². The Morgan fingerprint density at radius 1 is 1.06 bits per heavy atom. The van der Waals surface area contributed by atoms with E-state index in [2.05, 4.69) is 0 Å². The summed E-state index contributed by atoms with van der Waals surface area (Å²) in [5.74, 6) is -1.04. The van der Waals surface area contributed by atoms with E-state index in [1.54, 1.807) is 17.8 Å². The van der Waals surface area contributed by atoms with Gasteiger partial charge < -0.3 is 5.73 Å². The lowest BCUT2D eigenvalue weighted by molar-refractivity contribution is 0.507. The normalized spacial score (nSPS) is 10.6. The fourth-order valence-electron chi connectivity index (χ4n) is 1.56. The first-order chi connectivity index (χ1) is 8.56. The lowest BCUT2D eigenvalue weighted by atomic mass is 10.2. The molecule has 1 nitrogen and oxygen atoms in total. The van der Waals surface area contributed by atoms with Crippen LogP contribution >= 0.6 is 11.8 Å². The maximum absolute atomic E-state index is 13.0. The fourth-order valence-corrected chi connectivity index (χ4v) is 2.58. The van der Waals surface area contributed by atoms with E-state index in [1.165, 1.54) is 6.07 Å². The Bertz CT molecular complexity index is 570. The topological polar surface area (TPSA) is 26.0 Å². The van der Waals surface area contributed by atoms with Gasteiger partial charge in [0.1, 0.15) is 0 Å². The third kappa shape index (κ3) is 3.01. The zero-order valence-electron chi connectivity index (χ0n) is 9.91. The number of thioether (sulfide) groups is 1. The van der Waals surface area contributed by atoms with E-state index in [1.807, 2.05) is 25.1 Å². The summed E-state index contributed by atoms with van der Waals surface area (Å²) in [7, 11) is 0. The van der Waals surface area contributed by atoms with E-state index in [9.17, 15) is 8.78 Å². The molecule has 2 N–H and O–H groups in total. The van der Waals surface area contributed by atoms with Gasteiger partial charge in [-0.3, -0.25) is 0 Å². The van der Waals surface area contributed by atoms with Gasteiger partial charge in [0.15, 0.2) is 11.6 Å². The highest BCUT2D eigenvalue weighted by molar-refractivity contribution is 7.98. The van der Waals surface area contributed by atoms with Gasteiger partial charge in [-0.05, 0) is 42.3 Å². The second-order valence-electron chi connectivity index (χ2n) is 4.06. The lowest BCUT2D eigenvalue weighted by Gasteiger charge is -2.07. The van der Waals surface area contributed by atoms with E-state index < -0.39 is 11.6 Å². The molecule has 0 bridgehead atoms. The summed E-state index contributed by atoms with van der Waals surface area (Å²) >= 11 is 1.56. The summed E-state index contributed by atoms with van der Waals surface area (Å²) < 4.78 is 25.8. The van der Waals surface area contributed by atoms with Crippen molar-refractivity contribution in [3.8, 4) is 0 Å². The largest absolute Gasteiger partial charge is 0.399 e. The van der Waals surface area contributed by atoms with E-state index in [0.29, 0.717) is 11.4 Å². The van der Waals surface area contributed by atoms with Gasteiger partial charge in [-0.2, -0.15) is 0 Å². The van der Waals surface area contributed by atoms with Crippen molar-refractivity contribution in [1.82, 2.24) is 0 Å². The first-order valence-corrected chi connectivity index (χ1v) is 6.47. The van der Waals surface area contributed by atoms with Crippen LogP contribution < -0.4 is 5.73 Å². The van der Waals surface area contributed by atoms with Crippen LogP contribution in [-0.2, 0) is 5.75 Å². The Labute approximate surface area is 109 Å². The summed E-state index contributed by atoms with van der Waals surface area (Å²) in [4.78, 5) is 1.06. The third-order valence-electron chi connectivity index (χ3n) is 2.59. The molecule has 4 heteroatoms. The molecule has 2 aromatic rings. The predicted octanol–water partition coefficient (Wildman–Crippen LogP) is 4.15. The molecule has 0 amide bonds. The summed E-state index contributed by atoms with van der Waals surface area (Å²) in [6, 6.07) is 9.65. The van der Waals surface area contributed by atoms with Crippen LogP contribution in [0.3, 0.4) is 0 Å². The molecule has 0 saturated heterocycles. The first kappa shape index (κ1) is 12.9. The Morgan fingerprint density at radius 3 is 2.56 bits per heavy atom. The van der Waals surface area contributed by atoms with Crippen molar-refractivity contribution in [3.05, 3.63) is 59.2 Å². The number of halogens is 2. The summed E-state index contributed by atoms with van der Waals surface area (Å²) in [5.41, 5.74) is 8.29. The second-order valence-corrected chi connectivity index (χ2v) is 5.08. The zero-order chi connectivity index (χ0) is 13.1. The quantitative estimate of drug-likeness (QED) is 0.666. The van der Waals surface area contributed by atoms with Crippen molar-refractivity contribution >= 4 is 17.4 Å². The molecule has 0 atom stereocenters. The van der Waals surface area contributed by atoms with Crippen LogP contribution in [0.1, 0.15) is 11.1 Å². The fraction of sp³-hybridized carbons (Fsp3) is 0.143. The lowest BCUT2D eigenvalue weighted by Crippen LogP contribution is -1.90. The van der Waals surface area contributed by atoms with Gasteiger partial charge >= 0.3 is 0 Å². The van der Waals surface area contributed by atoms with Crippen LogP contribution in [0.15, 0.2) is 41.3 Å². The van der Waals surface area contributed by atoms with Crippen molar-refractivity contribution in [2.75, 3.05) is 5.73 Å². The Kier molecular flexibility index (Phi) is 3.87. The Morgan fingerprint density at radius 2 is 1.83 bits per heavy atom. The van der Waals surface area contributed by atoms with Gasteiger partial charge in [0, 0.05) is 16.3 Å². The molecule has 0 heterocycles. The SMILES string of the molecule is Cc1ccc(N)cc1SCc1ccc(F)c(F)c1. The van der Waals surface area contributed by atoms with Crippen LogP contribution in [-0.4, -0.2) is 0 Å². The number of nitrogens with two attached hydrogens (primary N) is 1. The van der Waals surface area contributed by atoms with Crippen molar-refractivity contribution in [3.63, 3.8) is 0 Å². The molecule has 94 valence electrons. The second kappa shape index (κ2) is 5.40. The molecule has 2 rings (SSSR count). The summed E-state index contributed by atoms with van der Waals surface area (Å²) in [5, 5.41) is 0. The standard InChI is InChI=1S/C14H13F2NS/c1-9-2-4-11(17)7-14(9)18-8-10-3-5-12(15)13(16)6-10/h2-7H,8,17H2,1H3. The first-order valence-electron chi connectivity index (χ1n) is 5.49. The van der Waals surface area contributed by atoms with Gasteiger partial charge in [0.2, 0.25) is 0 Å². The average Bonchev–Trinajstić information content (AvgIpc) is 2.34. The Balaban J connectivity index is 2.11. The molecular formula is C14H13F2NS. The molecule has 0 saturated carbocycles. The number of hydrogen-bond acceptors (Lipinski definition) is 2. The van der Waals surface area contributed by atoms with Gasteiger partial charge in [-0.15, -0.1) is 11.8 Å². The number of benzene rings is 2. The van der Waals surface area contributed by atoms with Crippen LogP contribution in [0.5, 0.6) is 0 Å². The molecule has 0 spiro atoms. The minimum Gasteiger partial charge on any atom is -0.399 e. The van der Waals surface area contributed by atoms with Gasteiger partial charge in [0.05, 0.1) is 0 Å². The van der Waals surface area contributed by atoms with Gasteiger partial charge in [-0.1, -0.05) is 12.1 Å². The van der Waals surface area contributed by atoms with E-state index >= 15 is 0 Å². The molecule has 0 aliphatic carbocycles. The van der Waals surface area contributed by atoms with E-state index in [-0.39, 0.29) is 0 Å². The predicted molar refractivity (Wildman–Crippen MR) is 71.5 cm³/mol. The maximum atomic E-state index is 13.0. The Hall–Kier alpha value is -1.55. The highest BCUT2D eigenvalue weighted by atomic mass is 32.2. The summed E-state index contributed by atoms with van der Waals surface area (Å²) in [6.45, 7) is 1.99. The maximum Gasteiger partial charge on any atom is 0.159 e. The molecular weight excluding hydrogens is 252 g/mol. The van der Waals surface area contributed by atoms with E-state index in [4.69, 9.17) is 5.73 Å². The van der Waals surface area contributed by atoms with Crippen molar-refractivity contribution in [1.29, 1.82) is 0 Å². The number of nitrogen functional groups attached to an aromatic ring is 1. The van der Waals surface area contributed by atoms with Crippen molar-refractivity contribution in [2.24, 2.45) is 0 Å². The highest BCUT2D eigenvalue weighted by Gasteiger charge is 2.04. The molecule has 2 aromatic carbocycles. The minimum absolute atomic E-state index is 0.585. The third-order valence-corrected chi connectivity index (χ3v) is 3.82. The molecule has 0 fully saturated rings. The van der Waals surface area contributed by atoms with Crippen LogP contribution in [0.2, 0.25) is 0 Å². The highest BCUT2D eigenvalue weighted by Crippen LogP contribution is 2.28. The number of hydrogen-bond donors (Lipinski definition) is 1. The van der Waals surface area contributed by atoms with Gasteiger partial charge in [-0.25, -0.2) is 8.78 Å². The molecule has 0 aliphatic rings. The minimum atomic E-state index is -0.816. The monoisotopic (exact) mass is 265 g/mol. The molecule has 0 radical (unpaired) electrons. The summed E-state index contributed by atoms with van der Waals surface area (Å²) in [6.07, 6.45) is 0. The van der Waals surface area contributed by atoms with E-state index in [0.717, 1.165) is 22.1 Å². The smallest absolute Gasteiger partial charge is 0.159 e. The number of aryl methyl sites for hydroxylation is 1.